The molecule has 1 saturated heterocycles. The van der Waals surface area contributed by atoms with Crippen LogP contribution in [0.5, 0.6) is 0 Å². The van der Waals surface area contributed by atoms with Gasteiger partial charge in [0.25, 0.3) is 0 Å². The molecule has 1 fully saturated rings. The van der Waals surface area contributed by atoms with E-state index < -0.39 is 18.2 Å². The highest BCUT2D eigenvalue weighted by molar-refractivity contribution is 4.81. The van der Waals surface area contributed by atoms with E-state index in [4.69, 9.17) is 5.11 Å². The maximum absolute atomic E-state index is 11.8. The summed E-state index contributed by atoms with van der Waals surface area (Å²) in [4.78, 5) is 0. The van der Waals surface area contributed by atoms with Crippen molar-refractivity contribution >= 4 is 0 Å². The summed E-state index contributed by atoms with van der Waals surface area (Å²) < 4.78 is 35.5. The van der Waals surface area contributed by atoms with E-state index in [9.17, 15) is 13.2 Å². The molecule has 2 nitrogen and oxygen atoms in total. The predicted molar refractivity (Wildman–Crippen MR) is 33.0 cm³/mol. The highest BCUT2D eigenvalue weighted by atomic mass is 19.4. The van der Waals surface area contributed by atoms with Crippen molar-refractivity contribution in [2.75, 3.05) is 13.1 Å². The van der Waals surface area contributed by atoms with Gasteiger partial charge in [0.1, 0.15) is 0 Å². The number of alkyl halides is 3. The van der Waals surface area contributed by atoms with E-state index in [-0.39, 0.29) is 6.54 Å². The van der Waals surface area contributed by atoms with Crippen LogP contribution in [0.2, 0.25) is 0 Å². The van der Waals surface area contributed by atoms with Gasteiger partial charge in [-0.2, -0.15) is 13.2 Å². The molecule has 0 spiro atoms. The Balaban J connectivity index is 2.46. The first-order chi connectivity index (χ1) is 5.02. The molecule has 5 heteroatoms. The minimum atomic E-state index is -4.46. The number of rotatable bonds is 1. The first-order valence-electron chi connectivity index (χ1n) is 3.47. The number of hydrogen-bond acceptors (Lipinski definition) is 2. The number of halogens is 3. The summed E-state index contributed by atoms with van der Waals surface area (Å²) >= 11 is 0. The van der Waals surface area contributed by atoms with Crippen molar-refractivity contribution in [3.8, 4) is 0 Å². The van der Waals surface area contributed by atoms with E-state index in [1.54, 1.807) is 0 Å². The molecule has 0 radical (unpaired) electrons. The number of hydrogen-bond donors (Lipinski definition) is 2. The van der Waals surface area contributed by atoms with Crippen molar-refractivity contribution in [3.05, 3.63) is 0 Å². The van der Waals surface area contributed by atoms with E-state index >= 15 is 0 Å². The van der Waals surface area contributed by atoms with Crippen LogP contribution >= 0.6 is 0 Å². The van der Waals surface area contributed by atoms with Gasteiger partial charge in [-0.1, -0.05) is 0 Å². The first kappa shape index (κ1) is 8.80. The summed E-state index contributed by atoms with van der Waals surface area (Å²) in [7, 11) is 0. The van der Waals surface area contributed by atoms with Crippen LogP contribution in [0, 0.1) is 5.92 Å². The lowest BCUT2D eigenvalue weighted by molar-refractivity contribution is -0.217. The summed E-state index contributed by atoms with van der Waals surface area (Å²) in [5, 5.41) is 11.5. The lowest BCUT2D eigenvalue weighted by Gasteiger charge is -2.19. The second-order valence-electron chi connectivity index (χ2n) is 2.74. The minimum absolute atomic E-state index is 0.265. The van der Waals surface area contributed by atoms with Gasteiger partial charge in [0.2, 0.25) is 0 Å². The zero-order valence-corrected chi connectivity index (χ0v) is 5.86. The molecule has 0 saturated carbocycles. The lowest BCUT2D eigenvalue weighted by Crippen LogP contribution is -2.36. The molecule has 2 atom stereocenters. The molecular weight excluding hydrogens is 159 g/mol. The van der Waals surface area contributed by atoms with E-state index in [0.717, 1.165) is 0 Å². The Kier molecular flexibility index (Phi) is 2.39. The molecule has 11 heavy (non-hydrogen) atoms. The summed E-state index contributed by atoms with van der Waals surface area (Å²) in [6.07, 6.45) is -6.21. The average Bonchev–Trinajstić information content (AvgIpc) is 2.34. The Morgan fingerprint density at radius 1 is 1.45 bits per heavy atom. The van der Waals surface area contributed by atoms with Crippen molar-refractivity contribution in [2.45, 2.75) is 18.7 Å². The molecule has 0 aliphatic carbocycles. The van der Waals surface area contributed by atoms with Crippen LogP contribution < -0.4 is 5.32 Å². The Labute approximate surface area is 62.4 Å². The molecule has 0 amide bonds. The largest absolute Gasteiger partial charge is 0.414 e. The minimum Gasteiger partial charge on any atom is -0.383 e. The molecule has 66 valence electrons. The van der Waals surface area contributed by atoms with Crippen molar-refractivity contribution in [2.24, 2.45) is 5.92 Å². The van der Waals surface area contributed by atoms with Gasteiger partial charge >= 0.3 is 6.18 Å². The van der Waals surface area contributed by atoms with Crippen LogP contribution in [0.15, 0.2) is 0 Å². The zero-order valence-electron chi connectivity index (χ0n) is 5.86. The SMILES string of the molecule is O[C@@H]([C@H]1CCNC1)C(F)(F)F. The van der Waals surface area contributed by atoms with Gasteiger partial charge in [-0.3, -0.25) is 0 Å². The quantitative estimate of drug-likeness (QED) is 0.599. The fourth-order valence-corrected chi connectivity index (χ4v) is 1.21. The van der Waals surface area contributed by atoms with Gasteiger partial charge in [0, 0.05) is 12.5 Å². The molecule has 0 bridgehead atoms. The van der Waals surface area contributed by atoms with Gasteiger partial charge in [0.15, 0.2) is 6.10 Å². The zero-order chi connectivity index (χ0) is 8.48. The van der Waals surface area contributed by atoms with E-state index in [1.807, 2.05) is 0 Å². The van der Waals surface area contributed by atoms with Crippen molar-refractivity contribution in [1.82, 2.24) is 5.32 Å². The van der Waals surface area contributed by atoms with Crippen LogP contribution in [-0.4, -0.2) is 30.5 Å². The normalized spacial score (nSPS) is 28.9. The van der Waals surface area contributed by atoms with Gasteiger partial charge in [-0.15, -0.1) is 0 Å². The Bertz CT molecular complexity index is 130. The maximum atomic E-state index is 11.8. The van der Waals surface area contributed by atoms with Gasteiger partial charge in [-0.05, 0) is 13.0 Å². The summed E-state index contributed by atoms with van der Waals surface area (Å²) in [6.45, 7) is 0.832. The molecule has 0 aromatic heterocycles. The monoisotopic (exact) mass is 169 g/mol. The molecule has 1 heterocycles. The first-order valence-corrected chi connectivity index (χ1v) is 3.47. The molecule has 1 rings (SSSR count). The molecular formula is C6H10F3NO. The summed E-state index contributed by atoms with van der Waals surface area (Å²) in [5.41, 5.74) is 0. The second-order valence-corrected chi connectivity index (χ2v) is 2.74. The number of nitrogens with one attached hydrogen (secondary N) is 1. The molecule has 0 aromatic carbocycles. The van der Waals surface area contributed by atoms with Crippen LogP contribution in [0.25, 0.3) is 0 Å². The van der Waals surface area contributed by atoms with Crippen LogP contribution in [0.4, 0.5) is 13.2 Å². The van der Waals surface area contributed by atoms with Crippen molar-refractivity contribution in [1.29, 1.82) is 0 Å². The molecule has 2 N–H and O–H groups in total. The van der Waals surface area contributed by atoms with Crippen LogP contribution in [0.1, 0.15) is 6.42 Å². The highest BCUT2D eigenvalue weighted by Gasteiger charge is 2.43. The van der Waals surface area contributed by atoms with Crippen molar-refractivity contribution < 1.29 is 18.3 Å². The van der Waals surface area contributed by atoms with Gasteiger partial charge < -0.3 is 10.4 Å². The van der Waals surface area contributed by atoms with Crippen LogP contribution in [0.3, 0.4) is 0 Å². The van der Waals surface area contributed by atoms with Gasteiger partial charge in [-0.25, -0.2) is 0 Å². The molecule has 1 aliphatic heterocycles. The fourth-order valence-electron chi connectivity index (χ4n) is 1.21. The van der Waals surface area contributed by atoms with E-state index in [2.05, 4.69) is 5.32 Å². The number of aliphatic hydroxyl groups is 1. The predicted octanol–water partition coefficient (Wildman–Crippen LogP) is 0.519. The Morgan fingerprint density at radius 3 is 2.45 bits per heavy atom. The Morgan fingerprint density at radius 2 is 2.09 bits per heavy atom. The third kappa shape index (κ3) is 2.07. The molecule has 1 aliphatic rings. The third-order valence-corrected chi connectivity index (χ3v) is 1.88. The molecule has 0 aromatic rings. The number of aliphatic hydroxyl groups excluding tert-OH is 1. The third-order valence-electron chi connectivity index (χ3n) is 1.88. The lowest BCUT2D eigenvalue weighted by atomic mass is 10.0. The fraction of sp³-hybridized carbons (Fsp3) is 1.00. The van der Waals surface area contributed by atoms with Crippen molar-refractivity contribution in [3.63, 3.8) is 0 Å². The average molecular weight is 169 g/mol. The smallest absolute Gasteiger partial charge is 0.383 e. The second kappa shape index (κ2) is 2.98. The highest BCUT2D eigenvalue weighted by Crippen LogP contribution is 2.28. The van der Waals surface area contributed by atoms with E-state index in [0.29, 0.717) is 13.0 Å². The maximum Gasteiger partial charge on any atom is 0.414 e. The standard InChI is InChI=1S/C6H10F3NO/c7-6(8,9)5(11)4-1-2-10-3-4/h4-5,10-11H,1-3H2/t4-,5-/m0/s1. The van der Waals surface area contributed by atoms with Crippen LogP contribution in [-0.2, 0) is 0 Å². The topological polar surface area (TPSA) is 32.3 Å². The van der Waals surface area contributed by atoms with Gasteiger partial charge in [0.05, 0.1) is 0 Å². The summed E-state index contributed by atoms with van der Waals surface area (Å²) in [6, 6.07) is 0. The molecule has 0 unspecified atom stereocenters. The summed E-state index contributed by atoms with van der Waals surface area (Å²) in [5.74, 6) is -0.657. The Hall–Kier alpha value is -0.290. The van der Waals surface area contributed by atoms with E-state index in [1.165, 1.54) is 0 Å².